The lowest BCUT2D eigenvalue weighted by molar-refractivity contribution is -0.140. The summed E-state index contributed by atoms with van der Waals surface area (Å²) in [6.07, 6.45) is 1.80. The summed E-state index contributed by atoms with van der Waals surface area (Å²) >= 11 is 0. The fraction of sp³-hybridized carbons (Fsp3) is 0.526. The van der Waals surface area contributed by atoms with Crippen molar-refractivity contribution in [2.45, 2.75) is 25.8 Å². The zero-order chi connectivity index (χ0) is 18.3. The van der Waals surface area contributed by atoms with E-state index in [0.29, 0.717) is 31.8 Å². The molecule has 0 aliphatic carbocycles. The number of hydrogen-bond acceptors (Lipinski definition) is 4. The fourth-order valence-corrected chi connectivity index (χ4v) is 4.14. The number of nitrogens with zero attached hydrogens (tertiary/aromatic N) is 3. The monoisotopic (exact) mass is 356 g/mol. The molecular weight excluding hydrogens is 332 g/mol. The van der Waals surface area contributed by atoms with E-state index in [4.69, 9.17) is 4.74 Å². The zero-order valence-electron chi connectivity index (χ0n) is 15.2. The van der Waals surface area contributed by atoms with Crippen LogP contribution in [0.1, 0.15) is 29.0 Å². The molecule has 26 heavy (non-hydrogen) atoms. The Labute approximate surface area is 152 Å². The molecule has 1 N–H and O–H groups in total. The molecule has 3 fully saturated rings. The molecule has 3 aliphatic heterocycles. The first-order chi connectivity index (χ1) is 12.6. The number of rotatable bonds is 4. The second-order valence-corrected chi connectivity index (χ2v) is 7.22. The Morgan fingerprint density at radius 3 is 3.00 bits per heavy atom. The highest BCUT2D eigenvalue weighted by molar-refractivity contribution is 5.98. The number of H-pyrrole nitrogens is 1. The Hall–Kier alpha value is -2.41. The molecule has 138 valence electrons. The van der Waals surface area contributed by atoms with Gasteiger partial charge in [-0.2, -0.15) is 0 Å². The molecule has 7 heteroatoms. The summed E-state index contributed by atoms with van der Waals surface area (Å²) in [6, 6.07) is 5.63. The Morgan fingerprint density at radius 2 is 2.19 bits per heavy atom. The van der Waals surface area contributed by atoms with Crippen molar-refractivity contribution in [1.29, 1.82) is 0 Å². The Kier molecular flexibility index (Phi) is 4.40. The van der Waals surface area contributed by atoms with E-state index in [1.807, 2.05) is 34.9 Å². The Bertz CT molecular complexity index is 846. The van der Waals surface area contributed by atoms with Gasteiger partial charge in [-0.15, -0.1) is 0 Å². The molecule has 5 rings (SSSR count). The number of piperidine rings is 1. The predicted molar refractivity (Wildman–Crippen MR) is 96.8 cm³/mol. The van der Waals surface area contributed by atoms with E-state index >= 15 is 0 Å². The number of amides is 2. The van der Waals surface area contributed by atoms with Gasteiger partial charge in [0.25, 0.3) is 5.91 Å². The summed E-state index contributed by atoms with van der Waals surface area (Å²) < 4.78 is 5.14. The molecule has 3 aliphatic rings. The number of methoxy groups -OCH3 is 1. The van der Waals surface area contributed by atoms with E-state index in [0.717, 1.165) is 29.7 Å². The van der Waals surface area contributed by atoms with Crippen molar-refractivity contribution in [2.24, 2.45) is 5.92 Å². The molecule has 1 aromatic carbocycles. The van der Waals surface area contributed by atoms with Crippen molar-refractivity contribution < 1.29 is 14.3 Å². The highest BCUT2D eigenvalue weighted by Crippen LogP contribution is 2.30. The van der Waals surface area contributed by atoms with Gasteiger partial charge < -0.3 is 19.5 Å². The lowest BCUT2D eigenvalue weighted by Crippen LogP contribution is -2.49. The number of imidazole rings is 1. The number of fused-ring (bicyclic) bond motifs is 5. The summed E-state index contributed by atoms with van der Waals surface area (Å²) in [4.78, 5) is 37.1. The van der Waals surface area contributed by atoms with Gasteiger partial charge >= 0.3 is 0 Å². The molecule has 0 radical (unpaired) electrons. The van der Waals surface area contributed by atoms with Gasteiger partial charge in [-0.3, -0.25) is 9.59 Å². The fourth-order valence-electron chi connectivity index (χ4n) is 4.14. The maximum Gasteiger partial charge on any atom is 0.254 e. The van der Waals surface area contributed by atoms with Crippen LogP contribution in [-0.4, -0.2) is 71.0 Å². The number of aromatic amines is 1. The van der Waals surface area contributed by atoms with Crippen LogP contribution < -0.4 is 0 Å². The first kappa shape index (κ1) is 17.0. The lowest BCUT2D eigenvalue weighted by atomic mass is 9.94. The number of carbonyl (C=O) groups excluding carboxylic acids is 2. The number of nitrogens with one attached hydrogen (secondary N) is 1. The number of benzene rings is 1. The van der Waals surface area contributed by atoms with Gasteiger partial charge in [-0.05, 0) is 38.0 Å². The van der Waals surface area contributed by atoms with Crippen LogP contribution in [0, 0.1) is 12.8 Å². The largest absolute Gasteiger partial charge is 0.383 e. The van der Waals surface area contributed by atoms with Gasteiger partial charge in [-0.1, -0.05) is 0 Å². The summed E-state index contributed by atoms with van der Waals surface area (Å²) in [5.41, 5.74) is 2.36. The number of carbonyl (C=O) groups is 2. The van der Waals surface area contributed by atoms with Crippen molar-refractivity contribution in [3.8, 4) is 0 Å². The van der Waals surface area contributed by atoms with Crippen molar-refractivity contribution in [3.63, 3.8) is 0 Å². The van der Waals surface area contributed by atoms with Crippen LogP contribution in [0.4, 0.5) is 0 Å². The van der Waals surface area contributed by atoms with Crippen molar-refractivity contribution >= 4 is 22.8 Å². The van der Waals surface area contributed by atoms with Gasteiger partial charge in [0.15, 0.2) is 0 Å². The second-order valence-electron chi connectivity index (χ2n) is 7.22. The highest BCUT2D eigenvalue weighted by atomic mass is 16.5. The summed E-state index contributed by atoms with van der Waals surface area (Å²) in [5.74, 6) is 0.871. The maximum absolute atomic E-state index is 13.1. The minimum atomic E-state index is -0.104. The molecule has 3 saturated heterocycles. The highest BCUT2D eigenvalue weighted by Gasteiger charge is 2.41. The third-order valence-corrected chi connectivity index (χ3v) is 5.46. The smallest absolute Gasteiger partial charge is 0.254 e. The van der Waals surface area contributed by atoms with E-state index in [1.165, 1.54) is 0 Å². The average molecular weight is 356 g/mol. The third kappa shape index (κ3) is 2.96. The Balaban J connectivity index is 1.57. The molecule has 2 bridgehead atoms. The minimum Gasteiger partial charge on any atom is -0.383 e. The van der Waals surface area contributed by atoms with Gasteiger partial charge in [0.1, 0.15) is 5.82 Å². The first-order valence-electron chi connectivity index (χ1n) is 9.12. The SMILES string of the molecule is COCCN1C(=O)[C@H]2CC[C@@H]1CN(C(=O)c1ccc3nc(C)[nH]c3c1)C2. The predicted octanol–water partition coefficient (Wildman–Crippen LogP) is 1.58. The van der Waals surface area contributed by atoms with Crippen LogP contribution in [0.15, 0.2) is 18.2 Å². The average Bonchev–Trinajstić information content (AvgIpc) is 2.80. The minimum absolute atomic E-state index is 0.0163. The molecule has 0 spiro atoms. The summed E-state index contributed by atoms with van der Waals surface area (Å²) in [7, 11) is 1.64. The van der Waals surface area contributed by atoms with Crippen LogP contribution in [0.3, 0.4) is 0 Å². The molecule has 1 aromatic heterocycles. The zero-order valence-corrected chi connectivity index (χ0v) is 15.2. The molecule has 4 heterocycles. The third-order valence-electron chi connectivity index (χ3n) is 5.46. The van der Waals surface area contributed by atoms with Gasteiger partial charge in [0.2, 0.25) is 5.91 Å². The van der Waals surface area contributed by atoms with Gasteiger partial charge in [0.05, 0.1) is 23.6 Å². The normalized spacial score (nSPS) is 22.9. The van der Waals surface area contributed by atoms with Crippen molar-refractivity contribution in [3.05, 3.63) is 29.6 Å². The summed E-state index contributed by atoms with van der Waals surface area (Å²) in [5, 5.41) is 0. The van der Waals surface area contributed by atoms with Gasteiger partial charge in [-0.25, -0.2) is 4.98 Å². The number of hydrogen-bond donors (Lipinski definition) is 1. The van der Waals surface area contributed by atoms with Crippen LogP contribution >= 0.6 is 0 Å². The van der Waals surface area contributed by atoms with E-state index < -0.39 is 0 Å². The molecular formula is C19H24N4O3. The molecule has 2 aromatic rings. The van der Waals surface area contributed by atoms with Crippen LogP contribution in [0.2, 0.25) is 0 Å². The van der Waals surface area contributed by atoms with E-state index in [1.54, 1.807) is 7.11 Å². The van der Waals surface area contributed by atoms with E-state index in [9.17, 15) is 9.59 Å². The van der Waals surface area contributed by atoms with Crippen LogP contribution in [0.5, 0.6) is 0 Å². The quantitative estimate of drug-likeness (QED) is 0.902. The van der Waals surface area contributed by atoms with E-state index in [-0.39, 0.29) is 23.8 Å². The topological polar surface area (TPSA) is 78.5 Å². The lowest BCUT2D eigenvalue weighted by Gasteiger charge is -2.35. The molecule has 0 saturated carbocycles. The van der Waals surface area contributed by atoms with E-state index in [2.05, 4.69) is 9.97 Å². The number of aromatic nitrogens is 2. The van der Waals surface area contributed by atoms with Gasteiger partial charge in [0, 0.05) is 38.3 Å². The van der Waals surface area contributed by atoms with Crippen molar-refractivity contribution in [1.82, 2.24) is 19.8 Å². The molecule has 2 atom stereocenters. The maximum atomic E-state index is 13.1. The van der Waals surface area contributed by atoms with Crippen molar-refractivity contribution in [2.75, 3.05) is 33.4 Å². The number of aryl methyl sites for hydroxylation is 1. The summed E-state index contributed by atoms with van der Waals surface area (Å²) in [6.45, 7) is 4.10. The first-order valence-corrected chi connectivity index (χ1v) is 9.12. The molecule has 2 amide bonds. The standard InChI is InChI=1S/C19H24N4O3/c1-12-20-16-6-4-13(9-17(16)21-12)18(24)22-10-14-3-5-15(11-22)23(19(14)25)7-8-26-2/h4,6,9,14-15H,3,5,7-8,10-11H2,1-2H3,(H,20,21)/t14-,15+/m0/s1. The Morgan fingerprint density at radius 1 is 1.35 bits per heavy atom. The van der Waals surface area contributed by atoms with Crippen LogP contribution in [0.25, 0.3) is 11.0 Å². The second kappa shape index (κ2) is 6.72. The molecule has 7 nitrogen and oxygen atoms in total. The molecule has 0 unspecified atom stereocenters. The van der Waals surface area contributed by atoms with Crippen LogP contribution in [-0.2, 0) is 9.53 Å². The number of ether oxygens (including phenoxy) is 1.